The molecule has 0 aromatic rings. The minimum absolute atomic E-state index is 0.0132. The van der Waals surface area contributed by atoms with Gasteiger partial charge in [-0.2, -0.15) is 0 Å². The lowest BCUT2D eigenvalue weighted by atomic mass is 9.36. The van der Waals surface area contributed by atoms with Gasteiger partial charge in [0.2, 0.25) is 0 Å². The Morgan fingerprint density at radius 2 is 1.66 bits per heavy atom. The Morgan fingerprint density at radius 3 is 2.29 bits per heavy atom. The Morgan fingerprint density at radius 1 is 0.971 bits per heavy atom. The number of hydrogen-bond donors (Lipinski definition) is 1. The number of aliphatic hydroxyl groups is 1. The summed E-state index contributed by atoms with van der Waals surface area (Å²) in [6.45, 7) is 15.8. The van der Waals surface area contributed by atoms with Crippen molar-refractivity contribution in [3.63, 3.8) is 0 Å². The van der Waals surface area contributed by atoms with Gasteiger partial charge in [0.25, 0.3) is 0 Å². The third-order valence-electron chi connectivity index (χ3n) is 12.3. The van der Waals surface area contributed by atoms with Gasteiger partial charge in [-0.15, -0.1) is 0 Å². The second-order valence-corrected chi connectivity index (χ2v) is 14.5. The maximum absolute atomic E-state index is 13.2. The first-order valence-electron chi connectivity index (χ1n) is 14.4. The molecule has 0 aliphatic heterocycles. The van der Waals surface area contributed by atoms with Crippen molar-refractivity contribution in [1.82, 2.24) is 0 Å². The van der Waals surface area contributed by atoms with Crippen molar-refractivity contribution in [2.24, 2.45) is 51.2 Å². The molecule has 8 atom stereocenters. The maximum atomic E-state index is 13.2. The van der Waals surface area contributed by atoms with Crippen molar-refractivity contribution < 1.29 is 19.4 Å². The zero-order valence-corrected chi connectivity index (χ0v) is 23.2. The number of Topliss-reactive ketones (excluding diaryl/α,β-unsaturated/α-hetero) is 1. The van der Waals surface area contributed by atoms with Gasteiger partial charge in [-0.05, 0) is 97.4 Å². The summed E-state index contributed by atoms with van der Waals surface area (Å²) in [4.78, 5) is 25.0. The minimum Gasteiger partial charge on any atom is -0.462 e. The molecule has 0 heterocycles. The number of aliphatic hydroxyl groups excluding tert-OH is 1. The van der Waals surface area contributed by atoms with Crippen LogP contribution in [-0.2, 0) is 14.3 Å². The Bertz CT molecular complexity index is 946. The van der Waals surface area contributed by atoms with Gasteiger partial charge in [-0.3, -0.25) is 9.59 Å². The third kappa shape index (κ3) is 3.40. The van der Waals surface area contributed by atoms with Crippen LogP contribution < -0.4 is 0 Å². The van der Waals surface area contributed by atoms with Crippen LogP contribution in [0.25, 0.3) is 0 Å². The van der Waals surface area contributed by atoms with Gasteiger partial charge in [0.15, 0.2) is 5.78 Å². The Kier molecular flexibility index (Phi) is 5.95. The normalized spacial score (nSPS) is 46.5. The summed E-state index contributed by atoms with van der Waals surface area (Å²) in [5.41, 5.74) is 2.67. The van der Waals surface area contributed by atoms with E-state index >= 15 is 0 Å². The number of hydrogen-bond acceptors (Lipinski definition) is 4. The van der Waals surface area contributed by atoms with Gasteiger partial charge in [0, 0.05) is 24.2 Å². The molecule has 0 radical (unpaired) electrons. The minimum atomic E-state index is -0.285. The number of ether oxygens (including phenoxy) is 1. The topological polar surface area (TPSA) is 63.6 Å². The van der Waals surface area contributed by atoms with Crippen LogP contribution >= 0.6 is 0 Å². The second kappa shape index (κ2) is 8.17. The lowest BCUT2D eigenvalue weighted by Gasteiger charge is -2.68. The van der Waals surface area contributed by atoms with E-state index in [2.05, 4.69) is 41.5 Å². The molecule has 0 aromatic carbocycles. The molecule has 1 N–H and O–H groups in total. The second-order valence-electron chi connectivity index (χ2n) is 14.5. The van der Waals surface area contributed by atoms with Crippen LogP contribution in [0.15, 0.2) is 11.1 Å². The smallest absolute Gasteiger partial charge is 0.302 e. The number of rotatable bonds is 3. The summed E-state index contributed by atoms with van der Waals surface area (Å²) in [5.74, 6) is 2.66. The SMILES string of the molecule is CC(=O)OC1CCC2(C)C(CCC3(C)C4CCC5(CO)CC(=O)C(C(C)C)=C5C4CCC32)C1(C)C. The van der Waals surface area contributed by atoms with Crippen LogP contribution in [0.1, 0.15) is 106 Å². The van der Waals surface area contributed by atoms with Crippen LogP contribution in [0.5, 0.6) is 0 Å². The number of fused-ring (bicyclic) bond motifs is 7. The Balaban J connectivity index is 1.51. The van der Waals surface area contributed by atoms with Gasteiger partial charge < -0.3 is 9.84 Å². The highest BCUT2D eigenvalue weighted by atomic mass is 16.5. The monoisotopic (exact) mass is 484 g/mol. The van der Waals surface area contributed by atoms with Crippen LogP contribution in [0.4, 0.5) is 0 Å². The van der Waals surface area contributed by atoms with Gasteiger partial charge in [0.05, 0.1) is 6.61 Å². The number of carbonyl (C=O) groups excluding carboxylic acids is 2. The summed E-state index contributed by atoms with van der Waals surface area (Å²) in [5, 5.41) is 10.6. The molecule has 35 heavy (non-hydrogen) atoms. The molecule has 5 aliphatic carbocycles. The van der Waals surface area contributed by atoms with E-state index in [1.807, 2.05) is 0 Å². The molecule has 0 aromatic heterocycles. The van der Waals surface area contributed by atoms with Crippen molar-refractivity contribution in [3.8, 4) is 0 Å². The van der Waals surface area contributed by atoms with Gasteiger partial charge in [0.1, 0.15) is 6.10 Å². The molecule has 0 spiro atoms. The highest BCUT2D eigenvalue weighted by molar-refractivity contribution is 6.00. The fraction of sp³-hybridized carbons (Fsp3) is 0.871. The fourth-order valence-electron chi connectivity index (χ4n) is 11.0. The molecule has 5 aliphatic rings. The Labute approximate surface area is 212 Å². The van der Waals surface area contributed by atoms with E-state index in [4.69, 9.17) is 4.74 Å². The molecule has 0 bridgehead atoms. The zero-order chi connectivity index (χ0) is 25.6. The molecule has 4 fully saturated rings. The first-order valence-corrected chi connectivity index (χ1v) is 14.4. The predicted octanol–water partition coefficient (Wildman–Crippen LogP) is 6.50. The van der Waals surface area contributed by atoms with E-state index in [9.17, 15) is 14.7 Å². The highest BCUT2D eigenvalue weighted by Crippen LogP contribution is 2.72. The lowest BCUT2D eigenvalue weighted by molar-refractivity contribution is -0.212. The van der Waals surface area contributed by atoms with Crippen molar-refractivity contribution in [1.29, 1.82) is 0 Å². The molecular weight excluding hydrogens is 436 g/mol. The third-order valence-corrected chi connectivity index (χ3v) is 12.3. The van der Waals surface area contributed by atoms with Gasteiger partial charge in [-0.25, -0.2) is 0 Å². The first-order chi connectivity index (χ1) is 16.3. The van der Waals surface area contributed by atoms with Crippen LogP contribution in [0.3, 0.4) is 0 Å². The molecule has 5 rings (SSSR count). The van der Waals surface area contributed by atoms with E-state index in [1.165, 1.54) is 24.8 Å². The van der Waals surface area contributed by atoms with E-state index in [1.54, 1.807) is 6.92 Å². The molecule has 8 unspecified atom stereocenters. The standard InChI is InChI=1S/C31H48O4/c1-18(2)26-22(34)16-31(17-32)15-10-21-20(27(26)31)8-9-24-29(21,6)13-11-23-28(4,5)25(35-19(3)33)12-14-30(23,24)7/h18,20-21,23-25,32H,8-17H2,1-7H3. The molecule has 4 heteroatoms. The van der Waals surface area contributed by atoms with Crippen LogP contribution in [0.2, 0.25) is 0 Å². The average Bonchev–Trinajstić information content (AvgIpc) is 3.08. The van der Waals surface area contributed by atoms with Crippen molar-refractivity contribution in [3.05, 3.63) is 11.1 Å². The quantitative estimate of drug-likeness (QED) is 0.464. The van der Waals surface area contributed by atoms with E-state index in [0.29, 0.717) is 35.9 Å². The van der Waals surface area contributed by atoms with Gasteiger partial charge >= 0.3 is 5.97 Å². The summed E-state index contributed by atoms with van der Waals surface area (Å²) in [6.07, 6.45) is 9.53. The molecule has 4 nitrogen and oxygen atoms in total. The van der Waals surface area contributed by atoms with Crippen molar-refractivity contribution >= 4 is 11.8 Å². The summed E-state index contributed by atoms with van der Waals surface area (Å²) in [7, 11) is 0. The molecular formula is C31H48O4. The number of allylic oxidation sites excluding steroid dienone is 1. The van der Waals surface area contributed by atoms with Gasteiger partial charge in [-0.1, -0.05) is 47.1 Å². The molecule has 196 valence electrons. The van der Waals surface area contributed by atoms with E-state index < -0.39 is 0 Å². The fourth-order valence-corrected chi connectivity index (χ4v) is 11.0. The molecule has 0 amide bonds. The number of ketones is 1. The summed E-state index contributed by atoms with van der Waals surface area (Å²) in [6, 6.07) is 0. The summed E-state index contributed by atoms with van der Waals surface area (Å²) >= 11 is 0. The predicted molar refractivity (Wildman–Crippen MR) is 137 cm³/mol. The van der Waals surface area contributed by atoms with E-state index in [-0.39, 0.29) is 46.3 Å². The Hall–Kier alpha value is -1.16. The lowest BCUT2D eigenvalue weighted by Crippen LogP contribution is -2.63. The van der Waals surface area contributed by atoms with Crippen molar-refractivity contribution in [2.45, 2.75) is 112 Å². The molecule has 4 saturated carbocycles. The van der Waals surface area contributed by atoms with Crippen molar-refractivity contribution in [2.75, 3.05) is 6.61 Å². The maximum Gasteiger partial charge on any atom is 0.302 e. The average molecular weight is 485 g/mol. The largest absolute Gasteiger partial charge is 0.462 e. The van der Waals surface area contributed by atoms with E-state index in [0.717, 1.165) is 37.7 Å². The zero-order valence-electron chi connectivity index (χ0n) is 23.2. The number of esters is 1. The number of carbonyl (C=O) groups is 2. The first kappa shape index (κ1) is 25.5. The van der Waals surface area contributed by atoms with Crippen LogP contribution in [0, 0.1) is 51.2 Å². The summed E-state index contributed by atoms with van der Waals surface area (Å²) < 4.78 is 5.86. The highest BCUT2D eigenvalue weighted by Gasteiger charge is 2.66. The molecule has 0 saturated heterocycles. The van der Waals surface area contributed by atoms with Crippen LogP contribution in [-0.4, -0.2) is 29.6 Å².